The molecule has 15 heavy (non-hydrogen) atoms. The molecule has 1 saturated heterocycles. The number of rotatable bonds is 1. The van der Waals surface area contributed by atoms with Crippen molar-refractivity contribution in [1.29, 1.82) is 0 Å². The van der Waals surface area contributed by atoms with Crippen LogP contribution in [-0.2, 0) is 0 Å². The van der Waals surface area contributed by atoms with Crippen LogP contribution in [0.25, 0.3) is 0 Å². The van der Waals surface area contributed by atoms with Crippen molar-refractivity contribution in [2.45, 2.75) is 12.8 Å². The normalized spacial score (nSPS) is 15.3. The Kier molecular flexibility index (Phi) is 2.76. The van der Waals surface area contributed by atoms with Gasteiger partial charge in [-0.05, 0) is 37.1 Å². The average Bonchev–Trinajstić information content (AvgIpc) is 2.74. The lowest BCUT2D eigenvalue weighted by atomic mass is 10.3. The van der Waals surface area contributed by atoms with Crippen molar-refractivity contribution in [2.75, 3.05) is 18.8 Å². The van der Waals surface area contributed by atoms with Gasteiger partial charge in [0, 0.05) is 18.8 Å². The smallest absolute Gasteiger partial charge is 0.410 e. The minimum atomic E-state index is -0.266. The van der Waals surface area contributed by atoms with E-state index in [1.165, 1.54) is 0 Å². The maximum Gasteiger partial charge on any atom is 0.415 e. The summed E-state index contributed by atoms with van der Waals surface area (Å²) in [5.41, 5.74) is 6.19. The Bertz CT molecular complexity index is 342. The molecular formula is C11H14N2O2. The average molecular weight is 206 g/mol. The second-order valence-electron chi connectivity index (χ2n) is 3.63. The van der Waals surface area contributed by atoms with Crippen molar-refractivity contribution < 1.29 is 9.53 Å². The number of carbonyl (C=O) groups is 1. The van der Waals surface area contributed by atoms with Gasteiger partial charge in [-0.3, -0.25) is 0 Å². The van der Waals surface area contributed by atoms with Gasteiger partial charge >= 0.3 is 6.09 Å². The van der Waals surface area contributed by atoms with Crippen LogP contribution in [0.15, 0.2) is 24.3 Å². The molecule has 1 amide bonds. The van der Waals surface area contributed by atoms with Crippen LogP contribution in [0, 0.1) is 0 Å². The molecule has 0 radical (unpaired) electrons. The lowest BCUT2D eigenvalue weighted by Crippen LogP contribution is -2.30. The summed E-state index contributed by atoms with van der Waals surface area (Å²) >= 11 is 0. The lowest BCUT2D eigenvalue weighted by Gasteiger charge is -2.14. The molecule has 2 N–H and O–H groups in total. The minimum Gasteiger partial charge on any atom is -0.410 e. The summed E-state index contributed by atoms with van der Waals surface area (Å²) in [5, 5.41) is 0. The van der Waals surface area contributed by atoms with Crippen LogP contribution >= 0.6 is 0 Å². The first-order valence-corrected chi connectivity index (χ1v) is 5.08. The first kappa shape index (κ1) is 9.83. The maximum atomic E-state index is 11.6. The summed E-state index contributed by atoms with van der Waals surface area (Å²) in [4.78, 5) is 13.3. The van der Waals surface area contributed by atoms with E-state index < -0.39 is 0 Å². The number of likely N-dealkylation sites (tertiary alicyclic amines) is 1. The third-order valence-electron chi connectivity index (χ3n) is 2.45. The van der Waals surface area contributed by atoms with Crippen molar-refractivity contribution in [1.82, 2.24) is 4.90 Å². The van der Waals surface area contributed by atoms with E-state index in [4.69, 9.17) is 10.5 Å². The first-order chi connectivity index (χ1) is 7.25. The number of nitrogens with zero attached hydrogens (tertiary/aromatic N) is 1. The predicted molar refractivity (Wildman–Crippen MR) is 57.7 cm³/mol. The standard InChI is InChI=1S/C11H14N2O2/c12-9-3-5-10(6-4-9)15-11(14)13-7-1-2-8-13/h3-6H,1-2,7-8,12H2. The van der Waals surface area contributed by atoms with Gasteiger partial charge in [-0.1, -0.05) is 0 Å². The highest BCUT2D eigenvalue weighted by atomic mass is 16.6. The molecule has 0 unspecified atom stereocenters. The van der Waals surface area contributed by atoms with E-state index >= 15 is 0 Å². The maximum absolute atomic E-state index is 11.6. The number of hydrogen-bond donors (Lipinski definition) is 1. The van der Waals surface area contributed by atoms with Gasteiger partial charge in [0.1, 0.15) is 5.75 Å². The number of amides is 1. The zero-order valence-corrected chi connectivity index (χ0v) is 8.48. The van der Waals surface area contributed by atoms with Crippen LogP contribution in [0.2, 0.25) is 0 Å². The third-order valence-corrected chi connectivity index (χ3v) is 2.45. The van der Waals surface area contributed by atoms with E-state index in [0.29, 0.717) is 11.4 Å². The Morgan fingerprint density at radius 1 is 1.20 bits per heavy atom. The van der Waals surface area contributed by atoms with E-state index in [1.807, 2.05) is 0 Å². The van der Waals surface area contributed by atoms with Gasteiger partial charge in [0.25, 0.3) is 0 Å². The molecule has 1 aromatic rings. The summed E-state index contributed by atoms with van der Waals surface area (Å²) in [5.74, 6) is 0.543. The van der Waals surface area contributed by atoms with E-state index in [-0.39, 0.29) is 6.09 Å². The molecule has 0 bridgehead atoms. The number of carbonyl (C=O) groups excluding carboxylic acids is 1. The van der Waals surface area contributed by atoms with Gasteiger partial charge in [0.05, 0.1) is 0 Å². The molecule has 80 valence electrons. The van der Waals surface area contributed by atoms with Crippen molar-refractivity contribution in [3.8, 4) is 5.75 Å². The molecule has 4 heteroatoms. The molecule has 0 saturated carbocycles. The fraction of sp³-hybridized carbons (Fsp3) is 0.364. The largest absolute Gasteiger partial charge is 0.415 e. The van der Waals surface area contributed by atoms with E-state index in [9.17, 15) is 4.79 Å². The Hall–Kier alpha value is -1.71. The first-order valence-electron chi connectivity index (χ1n) is 5.08. The van der Waals surface area contributed by atoms with Crippen LogP contribution in [0.1, 0.15) is 12.8 Å². The molecule has 0 aliphatic carbocycles. The van der Waals surface area contributed by atoms with Gasteiger partial charge in [-0.2, -0.15) is 0 Å². The van der Waals surface area contributed by atoms with E-state index in [0.717, 1.165) is 25.9 Å². The van der Waals surface area contributed by atoms with Gasteiger partial charge in [-0.15, -0.1) is 0 Å². The fourth-order valence-electron chi connectivity index (χ4n) is 1.60. The minimum absolute atomic E-state index is 0.266. The highest BCUT2D eigenvalue weighted by Gasteiger charge is 2.19. The highest BCUT2D eigenvalue weighted by Crippen LogP contribution is 2.16. The molecule has 1 aromatic carbocycles. The molecule has 1 fully saturated rings. The lowest BCUT2D eigenvalue weighted by molar-refractivity contribution is 0.163. The van der Waals surface area contributed by atoms with Gasteiger partial charge in [-0.25, -0.2) is 4.79 Å². The van der Waals surface area contributed by atoms with Crippen molar-refractivity contribution >= 4 is 11.8 Å². The van der Waals surface area contributed by atoms with Crippen LogP contribution in [0.5, 0.6) is 5.75 Å². The summed E-state index contributed by atoms with van der Waals surface area (Å²) in [6.07, 6.45) is 1.87. The molecule has 0 atom stereocenters. The van der Waals surface area contributed by atoms with Gasteiger partial charge in [0.15, 0.2) is 0 Å². The molecule has 1 heterocycles. The summed E-state index contributed by atoms with van der Waals surface area (Å²) in [6, 6.07) is 6.83. The Morgan fingerprint density at radius 2 is 1.80 bits per heavy atom. The highest BCUT2D eigenvalue weighted by molar-refractivity contribution is 5.71. The van der Waals surface area contributed by atoms with Crippen molar-refractivity contribution in [3.63, 3.8) is 0 Å². The molecule has 1 aliphatic heterocycles. The summed E-state index contributed by atoms with van der Waals surface area (Å²) < 4.78 is 5.18. The SMILES string of the molecule is Nc1ccc(OC(=O)N2CCCC2)cc1. The topological polar surface area (TPSA) is 55.6 Å². The number of hydrogen-bond acceptors (Lipinski definition) is 3. The molecule has 4 nitrogen and oxygen atoms in total. The van der Waals surface area contributed by atoms with Crippen LogP contribution in [0.3, 0.4) is 0 Å². The van der Waals surface area contributed by atoms with Crippen molar-refractivity contribution in [3.05, 3.63) is 24.3 Å². The molecule has 1 aliphatic rings. The number of ether oxygens (including phenoxy) is 1. The summed E-state index contributed by atoms with van der Waals surface area (Å²) in [6.45, 7) is 1.60. The second-order valence-corrected chi connectivity index (χ2v) is 3.63. The van der Waals surface area contributed by atoms with Crippen LogP contribution in [-0.4, -0.2) is 24.1 Å². The summed E-state index contributed by atoms with van der Waals surface area (Å²) in [7, 11) is 0. The second kappa shape index (κ2) is 4.21. The zero-order chi connectivity index (χ0) is 10.7. The third kappa shape index (κ3) is 2.40. The van der Waals surface area contributed by atoms with Crippen LogP contribution in [0.4, 0.5) is 10.5 Å². The number of nitrogen functional groups attached to an aromatic ring is 1. The Labute approximate surface area is 88.6 Å². The Morgan fingerprint density at radius 3 is 2.40 bits per heavy atom. The number of nitrogens with two attached hydrogens (primary N) is 1. The fourth-order valence-corrected chi connectivity index (χ4v) is 1.60. The number of anilines is 1. The molecule has 0 spiro atoms. The van der Waals surface area contributed by atoms with E-state index in [1.54, 1.807) is 29.2 Å². The monoisotopic (exact) mass is 206 g/mol. The Balaban J connectivity index is 1.96. The van der Waals surface area contributed by atoms with Gasteiger partial charge < -0.3 is 15.4 Å². The van der Waals surface area contributed by atoms with E-state index in [2.05, 4.69) is 0 Å². The number of benzene rings is 1. The predicted octanol–water partition coefficient (Wildman–Crippen LogP) is 1.86. The van der Waals surface area contributed by atoms with Crippen molar-refractivity contribution in [2.24, 2.45) is 0 Å². The van der Waals surface area contributed by atoms with Crippen LogP contribution < -0.4 is 10.5 Å². The molecular weight excluding hydrogens is 192 g/mol. The quantitative estimate of drug-likeness (QED) is 0.713. The zero-order valence-electron chi connectivity index (χ0n) is 8.48. The molecule has 2 rings (SSSR count). The van der Waals surface area contributed by atoms with Gasteiger partial charge in [0.2, 0.25) is 0 Å². The molecule has 0 aromatic heterocycles.